The Morgan fingerprint density at radius 2 is 2.26 bits per heavy atom. The summed E-state index contributed by atoms with van der Waals surface area (Å²) in [5, 5.41) is 10.0. The van der Waals surface area contributed by atoms with Crippen molar-refractivity contribution in [3.8, 4) is 0 Å². The number of carbonyl (C=O) groups excluding carboxylic acids is 1. The minimum atomic E-state index is -0.243. The highest BCUT2D eigenvalue weighted by molar-refractivity contribution is 6.33. The van der Waals surface area contributed by atoms with Crippen molar-refractivity contribution >= 4 is 23.3 Å². The second-order valence-corrected chi connectivity index (χ2v) is 4.41. The summed E-state index contributed by atoms with van der Waals surface area (Å²) in [6.45, 7) is 0.403. The molecule has 0 spiro atoms. The number of nitrogens with one attached hydrogen (secondary N) is 2. The highest BCUT2D eigenvalue weighted by atomic mass is 35.5. The van der Waals surface area contributed by atoms with Crippen molar-refractivity contribution in [1.82, 2.24) is 20.1 Å². The number of rotatable bonds is 4. The van der Waals surface area contributed by atoms with E-state index in [2.05, 4.69) is 20.7 Å². The molecule has 2 rings (SSSR count). The van der Waals surface area contributed by atoms with Gasteiger partial charge in [-0.3, -0.25) is 9.48 Å². The molecule has 0 saturated carbocycles. The topological polar surface area (TPSA) is 71.8 Å². The van der Waals surface area contributed by atoms with Crippen molar-refractivity contribution in [3.05, 3.63) is 40.8 Å². The first-order chi connectivity index (χ1) is 9.10. The highest BCUT2D eigenvalue weighted by Gasteiger charge is 2.11. The largest absolute Gasteiger partial charge is 0.373 e. The van der Waals surface area contributed by atoms with E-state index in [1.54, 1.807) is 24.0 Å². The predicted octanol–water partition coefficient (Wildman–Crippen LogP) is 1.44. The van der Waals surface area contributed by atoms with Crippen LogP contribution in [0.1, 0.15) is 15.9 Å². The molecule has 0 bridgehead atoms. The zero-order chi connectivity index (χ0) is 13.8. The quantitative estimate of drug-likeness (QED) is 0.888. The Morgan fingerprint density at radius 3 is 2.89 bits per heavy atom. The van der Waals surface area contributed by atoms with E-state index in [0.29, 0.717) is 22.9 Å². The Labute approximate surface area is 115 Å². The minimum Gasteiger partial charge on any atom is -0.373 e. The van der Waals surface area contributed by atoms with Gasteiger partial charge >= 0.3 is 0 Å². The maximum Gasteiger partial charge on any atom is 0.253 e. The molecular formula is C12H14ClN5O. The molecule has 1 amide bonds. The van der Waals surface area contributed by atoms with E-state index in [9.17, 15) is 4.79 Å². The summed E-state index contributed by atoms with van der Waals surface area (Å²) in [4.78, 5) is 16.1. The Morgan fingerprint density at radius 1 is 1.47 bits per heavy atom. The van der Waals surface area contributed by atoms with Gasteiger partial charge in [0.1, 0.15) is 5.82 Å². The molecule has 2 aromatic rings. The Bertz CT molecular complexity index is 596. The SMILES string of the molecule is CNc1cc(C(=O)NCc2cnn(C)c2)c(Cl)cn1. The molecule has 0 atom stereocenters. The molecule has 7 heteroatoms. The maximum atomic E-state index is 12.0. The predicted molar refractivity (Wildman–Crippen MR) is 73.2 cm³/mol. The van der Waals surface area contributed by atoms with Crippen LogP contribution in [-0.4, -0.2) is 27.7 Å². The van der Waals surface area contributed by atoms with Gasteiger partial charge in [0.25, 0.3) is 5.91 Å². The lowest BCUT2D eigenvalue weighted by Crippen LogP contribution is -2.23. The molecule has 2 aromatic heterocycles. The van der Waals surface area contributed by atoms with Crippen LogP contribution in [0.4, 0.5) is 5.82 Å². The van der Waals surface area contributed by atoms with Crippen molar-refractivity contribution in [2.45, 2.75) is 6.54 Å². The molecule has 19 heavy (non-hydrogen) atoms. The van der Waals surface area contributed by atoms with Crippen molar-refractivity contribution in [2.24, 2.45) is 7.05 Å². The molecule has 0 unspecified atom stereocenters. The van der Waals surface area contributed by atoms with Gasteiger partial charge < -0.3 is 10.6 Å². The van der Waals surface area contributed by atoms with Crippen molar-refractivity contribution in [3.63, 3.8) is 0 Å². The van der Waals surface area contributed by atoms with E-state index in [-0.39, 0.29) is 5.91 Å². The molecule has 0 aliphatic heterocycles. The number of anilines is 1. The van der Waals surface area contributed by atoms with Gasteiger partial charge in [-0.15, -0.1) is 0 Å². The number of nitrogens with zero attached hydrogens (tertiary/aromatic N) is 3. The Balaban J connectivity index is 2.07. The van der Waals surface area contributed by atoms with Gasteiger partial charge in [0.2, 0.25) is 0 Å². The van der Waals surface area contributed by atoms with E-state index in [0.717, 1.165) is 5.56 Å². The van der Waals surface area contributed by atoms with Crippen LogP contribution in [0.25, 0.3) is 0 Å². The first kappa shape index (κ1) is 13.4. The molecule has 0 fully saturated rings. The van der Waals surface area contributed by atoms with Gasteiger partial charge in [0.15, 0.2) is 0 Å². The Hall–Kier alpha value is -2.08. The zero-order valence-corrected chi connectivity index (χ0v) is 11.4. The molecule has 0 aliphatic rings. The van der Waals surface area contributed by atoms with Gasteiger partial charge in [-0.2, -0.15) is 5.10 Å². The average Bonchev–Trinajstić information content (AvgIpc) is 2.82. The monoisotopic (exact) mass is 279 g/mol. The first-order valence-electron chi connectivity index (χ1n) is 5.69. The van der Waals surface area contributed by atoms with Crippen LogP contribution in [0.15, 0.2) is 24.7 Å². The number of halogens is 1. The number of hydrogen-bond acceptors (Lipinski definition) is 4. The molecule has 0 aromatic carbocycles. The number of aromatic nitrogens is 3. The summed E-state index contributed by atoms with van der Waals surface area (Å²) in [7, 11) is 3.55. The van der Waals surface area contributed by atoms with Crippen LogP contribution < -0.4 is 10.6 Å². The highest BCUT2D eigenvalue weighted by Crippen LogP contribution is 2.17. The summed E-state index contributed by atoms with van der Waals surface area (Å²) >= 11 is 5.97. The third-order valence-electron chi connectivity index (χ3n) is 2.57. The van der Waals surface area contributed by atoms with E-state index < -0.39 is 0 Å². The minimum absolute atomic E-state index is 0.243. The summed E-state index contributed by atoms with van der Waals surface area (Å²) in [6, 6.07) is 1.61. The maximum absolute atomic E-state index is 12.0. The molecule has 2 heterocycles. The normalized spacial score (nSPS) is 10.3. The second kappa shape index (κ2) is 5.71. The molecule has 0 saturated heterocycles. The number of hydrogen-bond donors (Lipinski definition) is 2. The van der Waals surface area contributed by atoms with Gasteiger partial charge in [-0.05, 0) is 6.07 Å². The fourth-order valence-electron chi connectivity index (χ4n) is 1.59. The molecule has 100 valence electrons. The lowest BCUT2D eigenvalue weighted by molar-refractivity contribution is 0.0951. The fraction of sp³-hybridized carbons (Fsp3) is 0.250. The second-order valence-electron chi connectivity index (χ2n) is 4.00. The van der Waals surface area contributed by atoms with Gasteiger partial charge in [-0.25, -0.2) is 4.98 Å². The van der Waals surface area contributed by atoms with E-state index >= 15 is 0 Å². The summed E-state index contributed by atoms with van der Waals surface area (Å²) in [6.07, 6.45) is 4.99. The van der Waals surface area contributed by atoms with Gasteiger partial charge in [0, 0.05) is 38.6 Å². The first-order valence-corrected chi connectivity index (χ1v) is 6.07. The average molecular weight is 280 g/mol. The van der Waals surface area contributed by atoms with Crippen LogP contribution in [0.3, 0.4) is 0 Å². The molecule has 0 aliphatic carbocycles. The molecule has 2 N–H and O–H groups in total. The third kappa shape index (κ3) is 3.23. The lowest BCUT2D eigenvalue weighted by atomic mass is 10.2. The Kier molecular flexibility index (Phi) is 4.01. The van der Waals surface area contributed by atoms with Gasteiger partial charge in [-0.1, -0.05) is 11.6 Å². The number of amides is 1. The van der Waals surface area contributed by atoms with E-state index in [4.69, 9.17) is 11.6 Å². The van der Waals surface area contributed by atoms with Crippen molar-refractivity contribution < 1.29 is 4.79 Å². The van der Waals surface area contributed by atoms with E-state index in [1.165, 1.54) is 6.20 Å². The van der Waals surface area contributed by atoms with Crippen LogP contribution in [0.2, 0.25) is 5.02 Å². The summed E-state index contributed by atoms with van der Waals surface area (Å²) in [5.41, 5.74) is 1.32. The van der Waals surface area contributed by atoms with Crippen molar-refractivity contribution in [2.75, 3.05) is 12.4 Å². The molecular weight excluding hydrogens is 266 g/mol. The van der Waals surface area contributed by atoms with Crippen molar-refractivity contribution in [1.29, 1.82) is 0 Å². The van der Waals surface area contributed by atoms with Gasteiger partial charge in [0.05, 0.1) is 16.8 Å². The number of aryl methyl sites for hydroxylation is 1. The number of carbonyl (C=O) groups is 1. The fourth-order valence-corrected chi connectivity index (χ4v) is 1.78. The van der Waals surface area contributed by atoms with E-state index in [1.807, 2.05) is 13.2 Å². The smallest absolute Gasteiger partial charge is 0.253 e. The van der Waals surface area contributed by atoms with Crippen LogP contribution in [0.5, 0.6) is 0 Å². The molecule has 6 nitrogen and oxygen atoms in total. The summed E-state index contributed by atoms with van der Waals surface area (Å²) in [5.74, 6) is 0.351. The standard InChI is InChI=1S/C12H14ClN5O/c1-14-11-3-9(10(13)6-15-11)12(19)16-4-8-5-17-18(2)7-8/h3,5-7H,4H2,1-2H3,(H,14,15)(H,16,19). The zero-order valence-electron chi connectivity index (χ0n) is 10.6. The summed E-state index contributed by atoms with van der Waals surface area (Å²) < 4.78 is 1.68. The van der Waals surface area contributed by atoms with Crippen LogP contribution >= 0.6 is 11.6 Å². The third-order valence-corrected chi connectivity index (χ3v) is 2.87. The number of pyridine rings is 1. The van der Waals surface area contributed by atoms with Crippen LogP contribution in [-0.2, 0) is 13.6 Å². The molecule has 0 radical (unpaired) electrons. The van der Waals surface area contributed by atoms with Crippen LogP contribution in [0, 0.1) is 0 Å². The lowest BCUT2D eigenvalue weighted by Gasteiger charge is -2.07.